The van der Waals surface area contributed by atoms with Gasteiger partial charge in [-0.05, 0) is 37.6 Å². The van der Waals surface area contributed by atoms with Crippen molar-refractivity contribution >= 4 is 34.4 Å². The Bertz CT molecular complexity index is 1180. The van der Waals surface area contributed by atoms with Crippen LogP contribution in [0.1, 0.15) is 12.2 Å². The lowest BCUT2D eigenvalue weighted by Gasteiger charge is -2.23. The van der Waals surface area contributed by atoms with Crippen LogP contribution in [0, 0.1) is 6.92 Å². The third kappa shape index (κ3) is 3.54. The molecule has 30 heavy (non-hydrogen) atoms. The van der Waals surface area contributed by atoms with Gasteiger partial charge < -0.3 is 9.80 Å². The van der Waals surface area contributed by atoms with Crippen LogP contribution in [0.2, 0.25) is 5.02 Å². The molecule has 1 aliphatic rings. The second-order valence-corrected chi connectivity index (χ2v) is 7.68. The van der Waals surface area contributed by atoms with Gasteiger partial charge in [0.05, 0.1) is 17.3 Å². The summed E-state index contributed by atoms with van der Waals surface area (Å²) in [5, 5.41) is 6.19. The lowest BCUT2D eigenvalue weighted by molar-refractivity contribution is 0.781. The zero-order valence-electron chi connectivity index (χ0n) is 16.6. The van der Waals surface area contributed by atoms with E-state index in [0.717, 1.165) is 61.1 Å². The zero-order chi connectivity index (χ0) is 20.5. The fraction of sp³-hybridized carbons (Fsp3) is 0.286. The number of aryl methyl sites for hydroxylation is 1. The molecule has 152 valence electrons. The van der Waals surface area contributed by atoms with Crippen LogP contribution in [0.5, 0.6) is 0 Å². The zero-order valence-corrected chi connectivity index (χ0v) is 17.4. The van der Waals surface area contributed by atoms with Gasteiger partial charge in [-0.25, -0.2) is 24.6 Å². The van der Waals surface area contributed by atoms with Crippen molar-refractivity contribution in [3.8, 4) is 5.69 Å². The third-order valence-electron chi connectivity index (χ3n) is 5.20. The number of aromatic nitrogens is 6. The molecule has 0 unspecified atom stereocenters. The normalized spacial score (nSPS) is 14.9. The predicted octanol–water partition coefficient (Wildman–Crippen LogP) is 3.28. The van der Waals surface area contributed by atoms with E-state index in [4.69, 9.17) is 16.6 Å². The molecule has 9 heteroatoms. The van der Waals surface area contributed by atoms with Crippen molar-refractivity contribution in [2.24, 2.45) is 0 Å². The molecule has 4 heterocycles. The maximum absolute atomic E-state index is 6.18. The summed E-state index contributed by atoms with van der Waals surface area (Å²) in [6, 6.07) is 9.45. The Labute approximate surface area is 179 Å². The summed E-state index contributed by atoms with van der Waals surface area (Å²) in [7, 11) is 0. The number of halogens is 1. The predicted molar refractivity (Wildman–Crippen MR) is 117 cm³/mol. The first kappa shape index (κ1) is 18.7. The Morgan fingerprint density at radius 3 is 2.57 bits per heavy atom. The van der Waals surface area contributed by atoms with E-state index in [2.05, 4.69) is 29.9 Å². The van der Waals surface area contributed by atoms with Gasteiger partial charge in [-0.1, -0.05) is 17.7 Å². The van der Waals surface area contributed by atoms with Crippen molar-refractivity contribution in [3.05, 3.63) is 59.8 Å². The van der Waals surface area contributed by atoms with Crippen LogP contribution >= 0.6 is 11.6 Å². The fourth-order valence-corrected chi connectivity index (χ4v) is 4.01. The summed E-state index contributed by atoms with van der Waals surface area (Å²) in [5.41, 5.74) is 1.66. The van der Waals surface area contributed by atoms with E-state index in [-0.39, 0.29) is 0 Å². The molecule has 1 aromatic carbocycles. The highest BCUT2D eigenvalue weighted by Crippen LogP contribution is 2.27. The van der Waals surface area contributed by atoms with E-state index >= 15 is 0 Å². The Balaban J connectivity index is 1.49. The number of benzene rings is 1. The monoisotopic (exact) mass is 420 g/mol. The number of hydrogen-bond acceptors (Lipinski definition) is 7. The van der Waals surface area contributed by atoms with Crippen molar-refractivity contribution in [1.29, 1.82) is 0 Å². The van der Waals surface area contributed by atoms with Crippen LogP contribution < -0.4 is 9.80 Å². The van der Waals surface area contributed by atoms with E-state index < -0.39 is 0 Å². The number of hydrogen-bond donors (Lipinski definition) is 0. The van der Waals surface area contributed by atoms with E-state index in [0.29, 0.717) is 10.8 Å². The molecule has 1 fully saturated rings. The molecule has 0 amide bonds. The fourth-order valence-electron chi connectivity index (χ4n) is 3.82. The van der Waals surface area contributed by atoms with E-state index in [1.165, 1.54) is 0 Å². The first-order valence-electron chi connectivity index (χ1n) is 9.94. The largest absolute Gasteiger partial charge is 0.354 e. The molecular formula is C21H21ClN8. The standard InChI is InChI=1S/C21H21ClN8/c1-15-26-19(28-9-4-10-29(12-11-28)21-23-7-3-8-24-21)18-14-25-30(20(18)27-15)17-6-2-5-16(22)13-17/h2-3,5-8,13-14H,4,9-12H2,1H3. The van der Waals surface area contributed by atoms with Gasteiger partial charge in [-0.2, -0.15) is 5.10 Å². The van der Waals surface area contributed by atoms with Crippen LogP contribution in [0.25, 0.3) is 16.7 Å². The first-order chi connectivity index (χ1) is 14.7. The Hall–Kier alpha value is -3.26. The Morgan fingerprint density at radius 2 is 1.73 bits per heavy atom. The van der Waals surface area contributed by atoms with Crippen molar-refractivity contribution in [2.45, 2.75) is 13.3 Å². The van der Waals surface area contributed by atoms with Gasteiger partial charge in [0, 0.05) is 43.6 Å². The van der Waals surface area contributed by atoms with Gasteiger partial charge in [0.15, 0.2) is 5.65 Å². The second kappa shape index (κ2) is 7.87. The number of rotatable bonds is 3. The highest BCUT2D eigenvalue weighted by atomic mass is 35.5. The SMILES string of the molecule is Cc1nc(N2CCCN(c3ncccn3)CC2)c2cnn(-c3cccc(Cl)c3)c2n1. The molecule has 0 bridgehead atoms. The molecule has 0 radical (unpaired) electrons. The molecule has 0 spiro atoms. The molecule has 1 aliphatic heterocycles. The topological polar surface area (TPSA) is 75.9 Å². The van der Waals surface area contributed by atoms with Crippen molar-refractivity contribution < 1.29 is 0 Å². The van der Waals surface area contributed by atoms with Crippen LogP contribution in [0.3, 0.4) is 0 Å². The van der Waals surface area contributed by atoms with Gasteiger partial charge in [0.25, 0.3) is 0 Å². The van der Waals surface area contributed by atoms with E-state index in [1.54, 1.807) is 12.4 Å². The average molecular weight is 421 g/mol. The molecule has 8 nitrogen and oxygen atoms in total. The minimum atomic E-state index is 0.665. The first-order valence-corrected chi connectivity index (χ1v) is 10.3. The molecule has 0 aliphatic carbocycles. The molecule has 1 saturated heterocycles. The van der Waals surface area contributed by atoms with E-state index in [9.17, 15) is 0 Å². The van der Waals surface area contributed by atoms with Crippen LogP contribution in [0.4, 0.5) is 11.8 Å². The van der Waals surface area contributed by atoms with E-state index in [1.807, 2.05) is 48.1 Å². The quantitative estimate of drug-likeness (QED) is 0.503. The number of anilines is 2. The molecule has 5 rings (SSSR count). The molecular weight excluding hydrogens is 400 g/mol. The Morgan fingerprint density at radius 1 is 0.933 bits per heavy atom. The second-order valence-electron chi connectivity index (χ2n) is 7.24. The number of nitrogens with zero attached hydrogens (tertiary/aromatic N) is 8. The Kier molecular flexibility index (Phi) is 4.92. The minimum absolute atomic E-state index is 0.665. The highest BCUT2D eigenvalue weighted by Gasteiger charge is 2.22. The van der Waals surface area contributed by atoms with Gasteiger partial charge >= 0.3 is 0 Å². The maximum atomic E-state index is 6.18. The van der Waals surface area contributed by atoms with Gasteiger partial charge in [0.2, 0.25) is 5.95 Å². The highest BCUT2D eigenvalue weighted by molar-refractivity contribution is 6.30. The molecule has 4 aromatic rings. The third-order valence-corrected chi connectivity index (χ3v) is 5.44. The molecule has 0 atom stereocenters. The smallest absolute Gasteiger partial charge is 0.225 e. The molecule has 3 aromatic heterocycles. The van der Waals surface area contributed by atoms with Crippen molar-refractivity contribution in [1.82, 2.24) is 29.7 Å². The lowest BCUT2D eigenvalue weighted by atomic mass is 10.3. The summed E-state index contributed by atoms with van der Waals surface area (Å²) < 4.78 is 1.82. The van der Waals surface area contributed by atoms with Crippen LogP contribution in [0.15, 0.2) is 48.9 Å². The van der Waals surface area contributed by atoms with Gasteiger partial charge in [-0.3, -0.25) is 0 Å². The summed E-state index contributed by atoms with van der Waals surface area (Å²) in [6.45, 7) is 5.38. The lowest BCUT2D eigenvalue weighted by Crippen LogP contribution is -2.32. The van der Waals surface area contributed by atoms with Crippen molar-refractivity contribution in [3.63, 3.8) is 0 Å². The summed E-state index contributed by atoms with van der Waals surface area (Å²) in [5.74, 6) is 2.41. The molecule has 0 N–H and O–H groups in total. The van der Waals surface area contributed by atoms with Gasteiger partial charge in [0.1, 0.15) is 11.6 Å². The maximum Gasteiger partial charge on any atom is 0.225 e. The minimum Gasteiger partial charge on any atom is -0.354 e. The summed E-state index contributed by atoms with van der Waals surface area (Å²) in [6.07, 6.45) is 6.40. The van der Waals surface area contributed by atoms with Crippen molar-refractivity contribution in [2.75, 3.05) is 36.0 Å². The number of fused-ring (bicyclic) bond motifs is 1. The van der Waals surface area contributed by atoms with Crippen LogP contribution in [-0.2, 0) is 0 Å². The molecule has 0 saturated carbocycles. The summed E-state index contributed by atoms with van der Waals surface area (Å²) in [4.78, 5) is 22.8. The van der Waals surface area contributed by atoms with Crippen LogP contribution in [-0.4, -0.2) is 55.9 Å². The summed E-state index contributed by atoms with van der Waals surface area (Å²) >= 11 is 6.18. The van der Waals surface area contributed by atoms with Gasteiger partial charge in [-0.15, -0.1) is 0 Å². The average Bonchev–Trinajstić information content (AvgIpc) is 3.02.